The molecule has 2 rings (SSSR count). The van der Waals surface area contributed by atoms with E-state index in [1.165, 1.54) is 44.5 Å². The summed E-state index contributed by atoms with van der Waals surface area (Å²) in [7, 11) is 0. The summed E-state index contributed by atoms with van der Waals surface area (Å²) < 4.78 is 0. The maximum Gasteiger partial charge on any atom is 0.0207 e. The van der Waals surface area contributed by atoms with Crippen molar-refractivity contribution in [3.05, 3.63) is 0 Å². The van der Waals surface area contributed by atoms with Crippen LogP contribution in [0.5, 0.6) is 0 Å². The Morgan fingerprint density at radius 2 is 2.12 bits per heavy atom. The Labute approximate surface area is 105 Å². The number of rotatable bonds is 5. The molecule has 3 unspecified atom stereocenters. The van der Waals surface area contributed by atoms with E-state index in [9.17, 15) is 0 Å². The number of hydrogen-bond acceptors (Lipinski definition) is 3. The molecule has 0 bridgehead atoms. The summed E-state index contributed by atoms with van der Waals surface area (Å²) in [4.78, 5) is 2.74. The molecule has 2 aliphatic rings. The fourth-order valence-corrected chi connectivity index (χ4v) is 4.34. The van der Waals surface area contributed by atoms with Gasteiger partial charge in [0.15, 0.2) is 0 Å². The van der Waals surface area contributed by atoms with Crippen molar-refractivity contribution < 1.29 is 0 Å². The van der Waals surface area contributed by atoms with Crippen molar-refractivity contribution >= 4 is 11.8 Å². The summed E-state index contributed by atoms with van der Waals surface area (Å²) in [5, 5.41) is 4.54. The monoisotopic (exact) mass is 242 g/mol. The van der Waals surface area contributed by atoms with E-state index in [1.807, 2.05) is 0 Å². The maximum atomic E-state index is 3.59. The smallest absolute Gasteiger partial charge is 0.0207 e. The summed E-state index contributed by atoms with van der Waals surface area (Å²) in [6.45, 7) is 8.24. The number of nitrogens with one attached hydrogen (secondary N) is 1. The Kier molecular flexibility index (Phi) is 4.98. The second-order valence-corrected chi connectivity index (χ2v) is 6.66. The molecule has 3 atom stereocenters. The van der Waals surface area contributed by atoms with Crippen LogP contribution in [0.25, 0.3) is 0 Å². The number of nitrogens with zero attached hydrogens (tertiary/aromatic N) is 1. The molecule has 94 valence electrons. The van der Waals surface area contributed by atoms with Gasteiger partial charge in [0.05, 0.1) is 0 Å². The first-order valence-electron chi connectivity index (χ1n) is 6.92. The average molecular weight is 242 g/mol. The van der Waals surface area contributed by atoms with Crippen LogP contribution in [0, 0.1) is 0 Å². The molecule has 0 spiro atoms. The predicted octanol–water partition coefficient (Wildman–Crippen LogP) is 2.34. The van der Waals surface area contributed by atoms with Gasteiger partial charge >= 0.3 is 0 Å². The Morgan fingerprint density at radius 1 is 1.25 bits per heavy atom. The number of likely N-dealkylation sites (N-methyl/N-ethyl adjacent to an activating group) is 1. The zero-order chi connectivity index (χ0) is 11.4. The van der Waals surface area contributed by atoms with Crippen LogP contribution in [-0.4, -0.2) is 47.6 Å². The third-order valence-electron chi connectivity index (χ3n) is 3.99. The number of hydrogen-bond donors (Lipinski definition) is 1. The summed E-state index contributed by atoms with van der Waals surface area (Å²) >= 11 is 2.17. The highest BCUT2D eigenvalue weighted by molar-refractivity contribution is 7.99. The summed E-state index contributed by atoms with van der Waals surface area (Å²) in [6.07, 6.45) is 5.69. The van der Waals surface area contributed by atoms with Gasteiger partial charge in [0.2, 0.25) is 0 Å². The SMILES string of the molecule is CCNC1CCN(C2CCC(SCC)C2)C1. The van der Waals surface area contributed by atoms with E-state index < -0.39 is 0 Å². The van der Waals surface area contributed by atoms with Gasteiger partial charge in [0, 0.05) is 30.4 Å². The van der Waals surface area contributed by atoms with E-state index in [4.69, 9.17) is 0 Å². The third kappa shape index (κ3) is 3.14. The predicted molar refractivity (Wildman–Crippen MR) is 73.2 cm³/mol. The molecular weight excluding hydrogens is 216 g/mol. The zero-order valence-corrected chi connectivity index (χ0v) is 11.6. The van der Waals surface area contributed by atoms with Gasteiger partial charge < -0.3 is 5.32 Å². The van der Waals surface area contributed by atoms with Gasteiger partial charge in [-0.15, -0.1) is 0 Å². The molecule has 0 radical (unpaired) electrons. The second kappa shape index (κ2) is 6.27. The van der Waals surface area contributed by atoms with E-state index in [0.29, 0.717) is 0 Å². The molecule has 1 aliphatic carbocycles. The van der Waals surface area contributed by atoms with Crippen LogP contribution in [0.2, 0.25) is 0 Å². The van der Waals surface area contributed by atoms with Crippen molar-refractivity contribution in [2.45, 2.75) is 56.9 Å². The van der Waals surface area contributed by atoms with Gasteiger partial charge in [-0.1, -0.05) is 13.8 Å². The Hall–Kier alpha value is 0.270. The van der Waals surface area contributed by atoms with Gasteiger partial charge in [-0.3, -0.25) is 4.90 Å². The fourth-order valence-electron chi connectivity index (χ4n) is 3.21. The summed E-state index contributed by atoms with van der Waals surface area (Å²) in [6, 6.07) is 1.66. The van der Waals surface area contributed by atoms with Gasteiger partial charge in [-0.05, 0) is 38.0 Å². The lowest BCUT2D eigenvalue weighted by atomic mass is 10.2. The van der Waals surface area contributed by atoms with Gasteiger partial charge in [0.25, 0.3) is 0 Å². The number of thioether (sulfide) groups is 1. The maximum absolute atomic E-state index is 3.59. The van der Waals surface area contributed by atoms with Crippen molar-refractivity contribution in [2.75, 3.05) is 25.4 Å². The Bertz CT molecular complexity index is 188. The molecule has 0 aromatic carbocycles. The van der Waals surface area contributed by atoms with Crippen molar-refractivity contribution in [1.82, 2.24) is 10.2 Å². The normalized spacial score (nSPS) is 36.0. The minimum absolute atomic E-state index is 0.767. The van der Waals surface area contributed by atoms with Crippen LogP contribution >= 0.6 is 11.8 Å². The van der Waals surface area contributed by atoms with Crippen LogP contribution < -0.4 is 5.32 Å². The molecule has 2 fully saturated rings. The largest absolute Gasteiger partial charge is 0.313 e. The lowest BCUT2D eigenvalue weighted by Crippen LogP contribution is -2.36. The molecule has 2 nitrogen and oxygen atoms in total. The summed E-state index contributed by atoms with van der Waals surface area (Å²) in [5.74, 6) is 1.29. The highest BCUT2D eigenvalue weighted by Gasteiger charge is 2.33. The Balaban J connectivity index is 1.73. The quantitative estimate of drug-likeness (QED) is 0.797. The molecule has 0 aromatic heterocycles. The first kappa shape index (κ1) is 12.7. The van der Waals surface area contributed by atoms with E-state index >= 15 is 0 Å². The van der Waals surface area contributed by atoms with Crippen LogP contribution in [0.4, 0.5) is 0 Å². The van der Waals surface area contributed by atoms with Crippen molar-refractivity contribution in [2.24, 2.45) is 0 Å². The van der Waals surface area contributed by atoms with Crippen molar-refractivity contribution in [3.8, 4) is 0 Å². The molecule has 3 heteroatoms. The Morgan fingerprint density at radius 3 is 2.88 bits per heavy atom. The molecule has 0 amide bonds. The van der Waals surface area contributed by atoms with E-state index in [2.05, 4.69) is 35.8 Å². The summed E-state index contributed by atoms with van der Waals surface area (Å²) in [5.41, 5.74) is 0. The molecule has 0 aromatic rings. The fraction of sp³-hybridized carbons (Fsp3) is 1.00. The van der Waals surface area contributed by atoms with Crippen LogP contribution in [-0.2, 0) is 0 Å². The lowest BCUT2D eigenvalue weighted by Gasteiger charge is -2.24. The molecule has 1 heterocycles. The number of likely N-dealkylation sites (tertiary alicyclic amines) is 1. The van der Waals surface area contributed by atoms with Crippen molar-refractivity contribution in [1.29, 1.82) is 0 Å². The van der Waals surface area contributed by atoms with E-state index in [-0.39, 0.29) is 0 Å². The first-order chi connectivity index (χ1) is 7.83. The highest BCUT2D eigenvalue weighted by atomic mass is 32.2. The minimum atomic E-state index is 0.767. The van der Waals surface area contributed by atoms with Crippen LogP contribution in [0.15, 0.2) is 0 Å². The van der Waals surface area contributed by atoms with Gasteiger partial charge in [-0.2, -0.15) is 11.8 Å². The molecular formula is C13H26N2S. The molecule has 16 heavy (non-hydrogen) atoms. The van der Waals surface area contributed by atoms with Crippen LogP contribution in [0.3, 0.4) is 0 Å². The molecule has 1 aliphatic heterocycles. The molecule has 1 N–H and O–H groups in total. The highest BCUT2D eigenvalue weighted by Crippen LogP contribution is 2.33. The lowest BCUT2D eigenvalue weighted by molar-refractivity contribution is 0.241. The topological polar surface area (TPSA) is 15.3 Å². The first-order valence-corrected chi connectivity index (χ1v) is 7.97. The average Bonchev–Trinajstić information content (AvgIpc) is 2.87. The van der Waals surface area contributed by atoms with Crippen LogP contribution in [0.1, 0.15) is 39.5 Å². The second-order valence-electron chi connectivity index (χ2n) is 5.08. The molecule has 1 saturated carbocycles. The van der Waals surface area contributed by atoms with E-state index in [1.54, 1.807) is 0 Å². The zero-order valence-electron chi connectivity index (χ0n) is 10.7. The van der Waals surface area contributed by atoms with Gasteiger partial charge in [0.1, 0.15) is 0 Å². The molecule has 1 saturated heterocycles. The third-order valence-corrected chi connectivity index (χ3v) is 5.22. The van der Waals surface area contributed by atoms with Gasteiger partial charge in [-0.25, -0.2) is 0 Å². The standard InChI is InChI=1S/C13H26N2S/c1-3-14-11-7-8-15(10-11)12-5-6-13(9-12)16-4-2/h11-14H,3-10H2,1-2H3. The van der Waals surface area contributed by atoms with E-state index in [0.717, 1.165) is 23.9 Å². The minimum Gasteiger partial charge on any atom is -0.313 e. The van der Waals surface area contributed by atoms with Crippen molar-refractivity contribution in [3.63, 3.8) is 0 Å².